The van der Waals surface area contributed by atoms with Crippen LogP contribution in [0.2, 0.25) is 0 Å². The summed E-state index contributed by atoms with van der Waals surface area (Å²) < 4.78 is 40.4. The number of nitrogen functional groups attached to an aromatic ring is 1. The lowest BCUT2D eigenvalue weighted by molar-refractivity contribution is -0.274. The van der Waals surface area contributed by atoms with Crippen LogP contribution in [0.25, 0.3) is 0 Å². The van der Waals surface area contributed by atoms with Gasteiger partial charge in [0.05, 0.1) is 0 Å². The van der Waals surface area contributed by atoms with Gasteiger partial charge >= 0.3 is 6.36 Å². The van der Waals surface area contributed by atoms with Gasteiger partial charge in [-0.2, -0.15) is 0 Å². The van der Waals surface area contributed by atoms with Crippen molar-refractivity contribution in [2.45, 2.75) is 26.1 Å². The Morgan fingerprint density at radius 2 is 1.88 bits per heavy atom. The number of rotatable bonds is 7. The summed E-state index contributed by atoms with van der Waals surface area (Å²) in [4.78, 5) is 10.2. The molecule has 0 atom stereocenters. The van der Waals surface area contributed by atoms with Crippen LogP contribution >= 0.6 is 0 Å². The van der Waals surface area contributed by atoms with Crippen LogP contribution in [0, 0.1) is 0 Å². The van der Waals surface area contributed by atoms with E-state index in [1.54, 1.807) is 0 Å². The molecule has 0 aliphatic carbocycles. The molecule has 0 amide bonds. The maximum atomic E-state index is 12.2. The molecule has 1 heterocycles. The van der Waals surface area contributed by atoms with Crippen molar-refractivity contribution in [2.24, 2.45) is 0 Å². The third kappa shape index (κ3) is 5.40. The molecule has 1 aromatic carbocycles. The number of halogens is 3. The summed E-state index contributed by atoms with van der Waals surface area (Å²) in [7, 11) is 1.89. The molecular formula is C16H20F3N5O. The van der Waals surface area contributed by atoms with Crippen LogP contribution in [0.3, 0.4) is 0 Å². The van der Waals surface area contributed by atoms with E-state index in [0.717, 1.165) is 19.4 Å². The molecule has 6 nitrogen and oxygen atoms in total. The molecule has 0 aliphatic rings. The monoisotopic (exact) mass is 355 g/mol. The van der Waals surface area contributed by atoms with E-state index in [1.165, 1.54) is 30.6 Å². The molecule has 9 heteroatoms. The first-order valence-electron chi connectivity index (χ1n) is 7.74. The number of hydrogen-bond acceptors (Lipinski definition) is 6. The number of hydrogen-bond donors (Lipinski definition) is 2. The SMILES string of the molecule is CCCCN(C)c1ncnc(Nc2ccc(OC(F)(F)F)cc2)c1N. The van der Waals surface area contributed by atoms with Crippen molar-refractivity contribution < 1.29 is 17.9 Å². The molecule has 0 aliphatic heterocycles. The van der Waals surface area contributed by atoms with Crippen LogP contribution in [0.5, 0.6) is 5.75 Å². The molecule has 0 saturated carbocycles. The highest BCUT2D eigenvalue weighted by molar-refractivity contribution is 5.78. The Balaban J connectivity index is 2.12. The van der Waals surface area contributed by atoms with E-state index in [-0.39, 0.29) is 5.75 Å². The second kappa shape index (κ2) is 7.91. The fourth-order valence-electron chi connectivity index (χ4n) is 2.17. The van der Waals surface area contributed by atoms with Gasteiger partial charge in [-0.1, -0.05) is 13.3 Å². The third-order valence-corrected chi connectivity index (χ3v) is 3.42. The van der Waals surface area contributed by atoms with Crippen LogP contribution in [-0.2, 0) is 0 Å². The van der Waals surface area contributed by atoms with Crippen molar-refractivity contribution in [3.63, 3.8) is 0 Å². The summed E-state index contributed by atoms with van der Waals surface area (Å²) in [5.41, 5.74) is 7.02. The normalized spacial score (nSPS) is 11.2. The number of ether oxygens (including phenoxy) is 1. The summed E-state index contributed by atoms with van der Waals surface area (Å²) in [6.07, 6.45) is -1.28. The van der Waals surface area contributed by atoms with E-state index >= 15 is 0 Å². The summed E-state index contributed by atoms with van der Waals surface area (Å²) in [6.45, 7) is 2.90. The first-order chi connectivity index (χ1) is 11.8. The van der Waals surface area contributed by atoms with E-state index in [4.69, 9.17) is 5.73 Å². The lowest BCUT2D eigenvalue weighted by atomic mass is 10.3. The zero-order valence-corrected chi connectivity index (χ0v) is 14.0. The lowest BCUT2D eigenvalue weighted by Gasteiger charge is -2.20. The van der Waals surface area contributed by atoms with E-state index < -0.39 is 6.36 Å². The second-order valence-electron chi connectivity index (χ2n) is 5.43. The van der Waals surface area contributed by atoms with Gasteiger partial charge in [0.15, 0.2) is 11.6 Å². The van der Waals surface area contributed by atoms with Crippen LogP contribution in [0.1, 0.15) is 19.8 Å². The molecule has 0 radical (unpaired) electrons. The summed E-state index contributed by atoms with van der Waals surface area (Å²) in [6, 6.07) is 5.31. The fourth-order valence-corrected chi connectivity index (χ4v) is 2.17. The Labute approximate surface area is 143 Å². The number of nitrogens with two attached hydrogens (primary N) is 1. The zero-order valence-electron chi connectivity index (χ0n) is 14.0. The van der Waals surface area contributed by atoms with Crippen molar-refractivity contribution in [1.29, 1.82) is 0 Å². The highest BCUT2D eigenvalue weighted by Gasteiger charge is 2.30. The Kier molecular flexibility index (Phi) is 5.89. The summed E-state index contributed by atoms with van der Waals surface area (Å²) in [5, 5.41) is 2.97. The van der Waals surface area contributed by atoms with Gasteiger partial charge in [-0.25, -0.2) is 9.97 Å². The number of aromatic nitrogens is 2. The minimum Gasteiger partial charge on any atom is -0.406 e. The molecule has 0 unspecified atom stereocenters. The molecule has 0 saturated heterocycles. The van der Waals surface area contributed by atoms with Gasteiger partial charge in [-0.3, -0.25) is 0 Å². The van der Waals surface area contributed by atoms with Gasteiger partial charge in [-0.05, 0) is 30.7 Å². The highest BCUT2D eigenvalue weighted by Crippen LogP contribution is 2.29. The second-order valence-corrected chi connectivity index (χ2v) is 5.43. The molecule has 2 aromatic rings. The molecule has 0 spiro atoms. The molecule has 136 valence electrons. The standard InChI is InChI=1S/C16H20F3N5O/c1-3-4-9-24(2)15-13(20)14(21-10-22-15)23-11-5-7-12(8-6-11)25-16(17,18)19/h5-8,10H,3-4,9,20H2,1-2H3,(H,21,22,23). The van der Waals surface area contributed by atoms with Crippen molar-refractivity contribution in [2.75, 3.05) is 29.5 Å². The molecule has 0 bridgehead atoms. The van der Waals surface area contributed by atoms with Crippen LogP contribution in [0.15, 0.2) is 30.6 Å². The quantitative estimate of drug-likeness (QED) is 0.783. The van der Waals surface area contributed by atoms with Crippen LogP contribution in [0.4, 0.5) is 36.2 Å². The number of benzene rings is 1. The molecule has 1 aromatic heterocycles. The number of anilines is 4. The fraction of sp³-hybridized carbons (Fsp3) is 0.375. The summed E-state index contributed by atoms with van der Waals surface area (Å²) >= 11 is 0. The Hall–Kier alpha value is -2.71. The minimum atomic E-state index is -4.72. The number of nitrogens with one attached hydrogen (secondary N) is 1. The first kappa shape index (κ1) is 18.6. The van der Waals surface area contributed by atoms with Gasteiger partial charge in [0.25, 0.3) is 0 Å². The van der Waals surface area contributed by atoms with Gasteiger partial charge in [0, 0.05) is 19.3 Å². The molecule has 25 heavy (non-hydrogen) atoms. The van der Waals surface area contributed by atoms with Gasteiger partial charge in [-0.15, -0.1) is 13.2 Å². The Morgan fingerprint density at radius 3 is 2.48 bits per heavy atom. The van der Waals surface area contributed by atoms with E-state index in [2.05, 4.69) is 26.9 Å². The first-order valence-corrected chi connectivity index (χ1v) is 7.74. The van der Waals surface area contributed by atoms with Gasteiger partial charge in [0.2, 0.25) is 0 Å². The maximum Gasteiger partial charge on any atom is 0.573 e. The van der Waals surface area contributed by atoms with Crippen molar-refractivity contribution in [1.82, 2.24) is 9.97 Å². The van der Waals surface area contributed by atoms with Crippen molar-refractivity contribution >= 4 is 23.0 Å². The predicted octanol–water partition coefficient (Wildman–Crippen LogP) is 3.94. The van der Waals surface area contributed by atoms with E-state index in [1.807, 2.05) is 11.9 Å². The number of unbranched alkanes of at least 4 members (excludes halogenated alkanes) is 1. The number of alkyl halides is 3. The van der Waals surface area contributed by atoms with E-state index in [9.17, 15) is 13.2 Å². The molecule has 0 fully saturated rings. The van der Waals surface area contributed by atoms with E-state index in [0.29, 0.717) is 23.0 Å². The average molecular weight is 355 g/mol. The lowest BCUT2D eigenvalue weighted by Crippen LogP contribution is -2.21. The Bertz CT molecular complexity index is 691. The third-order valence-electron chi connectivity index (χ3n) is 3.42. The smallest absolute Gasteiger partial charge is 0.406 e. The van der Waals surface area contributed by atoms with Crippen molar-refractivity contribution in [3.05, 3.63) is 30.6 Å². The highest BCUT2D eigenvalue weighted by atomic mass is 19.4. The largest absolute Gasteiger partial charge is 0.573 e. The molecule has 3 N–H and O–H groups in total. The predicted molar refractivity (Wildman–Crippen MR) is 91.0 cm³/mol. The van der Waals surface area contributed by atoms with Crippen LogP contribution in [-0.4, -0.2) is 29.9 Å². The number of nitrogens with zero attached hydrogens (tertiary/aromatic N) is 3. The van der Waals surface area contributed by atoms with Crippen LogP contribution < -0.4 is 20.7 Å². The van der Waals surface area contributed by atoms with Crippen molar-refractivity contribution in [3.8, 4) is 5.75 Å². The topological polar surface area (TPSA) is 76.3 Å². The average Bonchev–Trinajstić information content (AvgIpc) is 2.55. The summed E-state index contributed by atoms with van der Waals surface area (Å²) in [5.74, 6) is 0.689. The Morgan fingerprint density at radius 1 is 1.20 bits per heavy atom. The minimum absolute atomic E-state index is 0.298. The molecular weight excluding hydrogens is 335 g/mol. The zero-order chi connectivity index (χ0) is 18.4. The van der Waals surface area contributed by atoms with Gasteiger partial charge in [0.1, 0.15) is 17.8 Å². The maximum absolute atomic E-state index is 12.2. The molecule has 2 rings (SSSR count). The van der Waals surface area contributed by atoms with Gasteiger partial charge < -0.3 is 20.7 Å².